The summed E-state index contributed by atoms with van der Waals surface area (Å²) in [5.41, 5.74) is 8.59. The van der Waals surface area contributed by atoms with Crippen molar-refractivity contribution in [2.24, 2.45) is 16.6 Å². The number of nitrogens with two attached hydrogens (primary N) is 2. The Morgan fingerprint density at radius 1 is 1.54 bits per heavy atom. The molecule has 1 aromatic heterocycles. The topological polar surface area (TPSA) is 89.3 Å². The number of nitrogens with one attached hydrogen (secondary N) is 1. The van der Waals surface area contributed by atoms with Gasteiger partial charge in [0, 0.05) is 24.9 Å². The van der Waals surface area contributed by atoms with Crippen LogP contribution in [0.3, 0.4) is 0 Å². The Hall–Kier alpha value is -1.62. The number of hydrogen-bond acceptors (Lipinski definition) is 3. The third-order valence-corrected chi connectivity index (χ3v) is 1.52. The molecule has 0 radical (unpaired) electrons. The standard InChI is InChI=1S/C8H13N5/c9-8(13-10)12-6-4-7-3-1-2-5-11-7/h1-3,5H,4,6,10H2,(H3,9,12,13). The Morgan fingerprint density at radius 3 is 3.00 bits per heavy atom. The lowest BCUT2D eigenvalue weighted by molar-refractivity contribution is 0.897. The van der Waals surface area contributed by atoms with E-state index in [0.29, 0.717) is 6.54 Å². The van der Waals surface area contributed by atoms with Crippen LogP contribution in [0, 0.1) is 0 Å². The third-order valence-electron chi connectivity index (χ3n) is 1.52. The van der Waals surface area contributed by atoms with Crippen molar-refractivity contribution in [3.8, 4) is 0 Å². The highest BCUT2D eigenvalue weighted by molar-refractivity contribution is 5.77. The van der Waals surface area contributed by atoms with E-state index in [9.17, 15) is 0 Å². The van der Waals surface area contributed by atoms with Gasteiger partial charge in [-0.2, -0.15) is 0 Å². The summed E-state index contributed by atoms with van der Waals surface area (Å²) in [7, 11) is 0. The summed E-state index contributed by atoms with van der Waals surface area (Å²) in [5.74, 6) is 5.28. The molecule has 0 unspecified atom stereocenters. The maximum Gasteiger partial charge on any atom is 0.203 e. The van der Waals surface area contributed by atoms with E-state index in [1.807, 2.05) is 18.2 Å². The number of nitrogens with zero attached hydrogens (tertiary/aromatic N) is 2. The molecule has 0 amide bonds. The molecule has 5 nitrogen and oxygen atoms in total. The molecule has 1 aromatic rings. The Labute approximate surface area is 76.8 Å². The molecule has 1 rings (SSSR count). The van der Waals surface area contributed by atoms with E-state index in [2.05, 4.69) is 15.4 Å². The maximum absolute atomic E-state index is 5.33. The number of hydrogen-bond donors (Lipinski definition) is 3. The monoisotopic (exact) mass is 179 g/mol. The largest absolute Gasteiger partial charge is 0.369 e. The van der Waals surface area contributed by atoms with E-state index in [4.69, 9.17) is 11.6 Å². The van der Waals surface area contributed by atoms with Crippen molar-refractivity contribution in [2.45, 2.75) is 6.42 Å². The van der Waals surface area contributed by atoms with E-state index >= 15 is 0 Å². The molecule has 0 aliphatic heterocycles. The quantitative estimate of drug-likeness (QED) is 0.250. The van der Waals surface area contributed by atoms with Gasteiger partial charge < -0.3 is 5.73 Å². The number of aliphatic imine (C=N–C) groups is 1. The summed E-state index contributed by atoms with van der Waals surface area (Å²) in [6.45, 7) is 0.590. The molecule has 0 spiro atoms. The van der Waals surface area contributed by atoms with Crippen LogP contribution in [0.4, 0.5) is 0 Å². The fraction of sp³-hybridized carbons (Fsp3) is 0.250. The highest BCUT2D eigenvalue weighted by Crippen LogP contribution is 1.94. The van der Waals surface area contributed by atoms with Crippen molar-refractivity contribution in [1.29, 1.82) is 0 Å². The minimum atomic E-state index is 0.246. The first-order valence-corrected chi connectivity index (χ1v) is 3.99. The summed E-state index contributed by atoms with van der Waals surface area (Å²) in [6.07, 6.45) is 2.52. The van der Waals surface area contributed by atoms with Crippen LogP contribution in [0.15, 0.2) is 29.4 Å². The number of pyridine rings is 1. The van der Waals surface area contributed by atoms with Crippen LogP contribution >= 0.6 is 0 Å². The van der Waals surface area contributed by atoms with Gasteiger partial charge in [-0.05, 0) is 12.1 Å². The second kappa shape index (κ2) is 5.10. The number of rotatable bonds is 3. The zero-order valence-corrected chi connectivity index (χ0v) is 7.27. The smallest absolute Gasteiger partial charge is 0.203 e. The van der Waals surface area contributed by atoms with E-state index in [-0.39, 0.29) is 5.96 Å². The van der Waals surface area contributed by atoms with Gasteiger partial charge in [-0.1, -0.05) is 6.07 Å². The molecule has 0 saturated carbocycles. The molecular formula is C8H13N5. The Morgan fingerprint density at radius 2 is 2.38 bits per heavy atom. The first-order valence-electron chi connectivity index (χ1n) is 3.99. The van der Waals surface area contributed by atoms with Gasteiger partial charge in [0.1, 0.15) is 0 Å². The van der Waals surface area contributed by atoms with Crippen molar-refractivity contribution >= 4 is 5.96 Å². The summed E-state index contributed by atoms with van der Waals surface area (Å²) < 4.78 is 0. The minimum absolute atomic E-state index is 0.246. The van der Waals surface area contributed by atoms with Crippen LogP contribution in [0.1, 0.15) is 5.69 Å². The van der Waals surface area contributed by atoms with Crippen LogP contribution in [0.2, 0.25) is 0 Å². The van der Waals surface area contributed by atoms with Crippen molar-refractivity contribution < 1.29 is 0 Å². The van der Waals surface area contributed by atoms with E-state index in [1.165, 1.54) is 0 Å². The van der Waals surface area contributed by atoms with Crippen molar-refractivity contribution in [2.75, 3.05) is 6.54 Å². The van der Waals surface area contributed by atoms with E-state index < -0.39 is 0 Å². The maximum atomic E-state index is 5.33. The lowest BCUT2D eigenvalue weighted by atomic mass is 10.3. The summed E-state index contributed by atoms with van der Waals surface area (Å²) >= 11 is 0. The number of guanidine groups is 1. The average molecular weight is 179 g/mol. The van der Waals surface area contributed by atoms with Gasteiger partial charge >= 0.3 is 0 Å². The number of aromatic nitrogens is 1. The molecule has 1 heterocycles. The Balaban J connectivity index is 2.36. The van der Waals surface area contributed by atoms with Crippen LogP contribution in [0.25, 0.3) is 0 Å². The van der Waals surface area contributed by atoms with Gasteiger partial charge in [-0.15, -0.1) is 0 Å². The first-order chi connectivity index (χ1) is 6.33. The molecule has 0 fully saturated rings. The van der Waals surface area contributed by atoms with Crippen LogP contribution in [-0.4, -0.2) is 17.5 Å². The molecule has 0 aromatic carbocycles. The Kier molecular flexibility index (Phi) is 3.72. The van der Waals surface area contributed by atoms with Gasteiger partial charge in [-0.25, -0.2) is 5.84 Å². The molecule has 5 N–H and O–H groups in total. The van der Waals surface area contributed by atoms with Gasteiger partial charge in [0.2, 0.25) is 5.96 Å². The molecule has 13 heavy (non-hydrogen) atoms. The second-order valence-corrected chi connectivity index (χ2v) is 2.48. The molecule has 0 bridgehead atoms. The van der Waals surface area contributed by atoms with Crippen molar-refractivity contribution in [3.63, 3.8) is 0 Å². The van der Waals surface area contributed by atoms with Gasteiger partial charge in [0.15, 0.2) is 0 Å². The minimum Gasteiger partial charge on any atom is -0.369 e. The zero-order chi connectivity index (χ0) is 9.52. The zero-order valence-electron chi connectivity index (χ0n) is 7.27. The average Bonchev–Trinajstić information content (AvgIpc) is 2.19. The fourth-order valence-electron chi connectivity index (χ4n) is 0.883. The molecule has 0 aliphatic carbocycles. The molecule has 0 aliphatic rings. The van der Waals surface area contributed by atoms with Crippen molar-refractivity contribution in [1.82, 2.24) is 10.4 Å². The fourth-order valence-corrected chi connectivity index (χ4v) is 0.883. The third kappa shape index (κ3) is 3.53. The van der Waals surface area contributed by atoms with Gasteiger partial charge in [0.05, 0.1) is 0 Å². The highest BCUT2D eigenvalue weighted by Gasteiger charge is 1.91. The summed E-state index contributed by atoms with van der Waals surface area (Å²) in [6, 6.07) is 5.76. The molecular weight excluding hydrogens is 166 g/mol. The first kappa shape index (κ1) is 9.47. The summed E-state index contributed by atoms with van der Waals surface area (Å²) in [5, 5.41) is 0. The predicted molar refractivity (Wildman–Crippen MR) is 51.8 cm³/mol. The molecule has 0 saturated heterocycles. The normalized spacial score (nSPS) is 11.3. The SMILES string of the molecule is NNC(N)=NCCc1ccccn1. The number of hydrazine groups is 1. The molecule has 70 valence electrons. The van der Waals surface area contributed by atoms with Gasteiger partial charge in [0.25, 0.3) is 0 Å². The predicted octanol–water partition coefficient (Wildman–Crippen LogP) is -0.598. The van der Waals surface area contributed by atoms with Gasteiger partial charge in [-0.3, -0.25) is 15.4 Å². The Bertz CT molecular complexity index is 269. The van der Waals surface area contributed by atoms with E-state index in [0.717, 1.165) is 12.1 Å². The lowest BCUT2D eigenvalue weighted by Crippen LogP contribution is -2.37. The van der Waals surface area contributed by atoms with Crippen LogP contribution < -0.4 is 17.0 Å². The lowest BCUT2D eigenvalue weighted by Gasteiger charge is -1.98. The van der Waals surface area contributed by atoms with Crippen LogP contribution in [-0.2, 0) is 6.42 Å². The van der Waals surface area contributed by atoms with E-state index in [1.54, 1.807) is 6.20 Å². The van der Waals surface area contributed by atoms with Crippen molar-refractivity contribution in [3.05, 3.63) is 30.1 Å². The highest BCUT2D eigenvalue weighted by atomic mass is 15.3. The summed E-state index contributed by atoms with van der Waals surface area (Å²) in [4.78, 5) is 8.10. The van der Waals surface area contributed by atoms with Crippen LogP contribution in [0.5, 0.6) is 0 Å². The second-order valence-electron chi connectivity index (χ2n) is 2.48. The molecule has 5 heteroatoms. The molecule has 0 atom stereocenters.